The van der Waals surface area contributed by atoms with Crippen molar-refractivity contribution in [2.24, 2.45) is 0 Å². The van der Waals surface area contributed by atoms with Gasteiger partial charge in [-0.1, -0.05) is 32.0 Å². The van der Waals surface area contributed by atoms with Gasteiger partial charge >= 0.3 is 11.9 Å². The summed E-state index contributed by atoms with van der Waals surface area (Å²) in [5, 5.41) is 23.8. The quantitative estimate of drug-likeness (QED) is 0.811. The smallest absolute Gasteiger partial charge is 0.336 e. The van der Waals surface area contributed by atoms with Crippen LogP contribution in [0.15, 0.2) is 36.5 Å². The fourth-order valence-corrected chi connectivity index (χ4v) is 3.61. The van der Waals surface area contributed by atoms with Gasteiger partial charge in [0.1, 0.15) is 0 Å². The summed E-state index contributed by atoms with van der Waals surface area (Å²) < 4.78 is 1.60. The molecule has 0 radical (unpaired) electrons. The summed E-state index contributed by atoms with van der Waals surface area (Å²) in [5.74, 6) is -1.57. The molecule has 1 aromatic heterocycles. The zero-order valence-electron chi connectivity index (χ0n) is 15.6. The van der Waals surface area contributed by atoms with Gasteiger partial charge in [0.25, 0.3) is 0 Å². The number of piperidine rings is 1. The van der Waals surface area contributed by atoms with Gasteiger partial charge in [-0.25, -0.2) is 9.59 Å². The Morgan fingerprint density at radius 1 is 1.15 bits per heavy atom. The minimum Gasteiger partial charge on any atom is -0.479 e. The molecule has 27 heavy (non-hydrogen) atoms. The van der Waals surface area contributed by atoms with E-state index in [1.54, 1.807) is 23.0 Å². The molecule has 0 spiro atoms. The molecule has 1 aliphatic rings. The average molecular weight is 371 g/mol. The Balaban J connectivity index is 1.76. The number of aliphatic carboxylic acids is 1. The van der Waals surface area contributed by atoms with Gasteiger partial charge in [-0.3, -0.25) is 9.58 Å². The van der Waals surface area contributed by atoms with Crippen molar-refractivity contribution < 1.29 is 19.8 Å². The summed E-state index contributed by atoms with van der Waals surface area (Å²) in [6.45, 7) is 5.69. The largest absolute Gasteiger partial charge is 0.479 e. The van der Waals surface area contributed by atoms with Crippen LogP contribution in [-0.2, 0) is 16.9 Å². The first kappa shape index (κ1) is 19.1. The van der Waals surface area contributed by atoms with Crippen LogP contribution < -0.4 is 0 Å². The van der Waals surface area contributed by atoms with Crippen molar-refractivity contribution in [1.29, 1.82) is 0 Å². The SMILES string of the molecule is CC(C)c1ccn(C2(C(=O)O)CCN(Cc3ccccc3C(=O)O)CC2)n1. The Bertz CT molecular complexity index is 835. The molecule has 144 valence electrons. The van der Waals surface area contributed by atoms with Crippen LogP contribution in [-0.4, -0.2) is 49.9 Å². The lowest BCUT2D eigenvalue weighted by atomic mass is 9.87. The van der Waals surface area contributed by atoms with E-state index >= 15 is 0 Å². The molecule has 2 aromatic rings. The van der Waals surface area contributed by atoms with Crippen LogP contribution in [0.2, 0.25) is 0 Å². The lowest BCUT2D eigenvalue weighted by Gasteiger charge is -2.39. The van der Waals surface area contributed by atoms with E-state index in [9.17, 15) is 19.8 Å². The van der Waals surface area contributed by atoms with Crippen LogP contribution in [0.1, 0.15) is 54.2 Å². The number of likely N-dealkylation sites (tertiary alicyclic amines) is 1. The van der Waals surface area contributed by atoms with Crippen LogP contribution in [0.5, 0.6) is 0 Å². The van der Waals surface area contributed by atoms with E-state index in [0.29, 0.717) is 38.0 Å². The first-order valence-corrected chi connectivity index (χ1v) is 9.16. The predicted molar refractivity (Wildman–Crippen MR) is 99.8 cm³/mol. The van der Waals surface area contributed by atoms with Gasteiger partial charge in [-0.05, 0) is 36.5 Å². The number of carboxylic acids is 2. The molecule has 2 N–H and O–H groups in total. The van der Waals surface area contributed by atoms with E-state index in [4.69, 9.17) is 0 Å². The Labute approximate surface area is 158 Å². The zero-order valence-corrected chi connectivity index (χ0v) is 15.6. The molecule has 1 fully saturated rings. The number of hydrogen-bond acceptors (Lipinski definition) is 4. The molecule has 0 atom stereocenters. The maximum absolute atomic E-state index is 12.1. The Morgan fingerprint density at radius 2 is 1.81 bits per heavy atom. The third-order valence-electron chi connectivity index (χ3n) is 5.36. The number of aromatic carboxylic acids is 1. The number of rotatable bonds is 6. The number of nitrogens with zero attached hydrogens (tertiary/aromatic N) is 3. The van der Waals surface area contributed by atoms with Gasteiger partial charge in [-0.15, -0.1) is 0 Å². The Hall–Kier alpha value is -2.67. The van der Waals surface area contributed by atoms with Crippen molar-refractivity contribution in [2.45, 2.75) is 44.7 Å². The molecular weight excluding hydrogens is 346 g/mol. The average Bonchev–Trinajstić information content (AvgIpc) is 3.13. The Kier molecular flexibility index (Phi) is 5.32. The highest BCUT2D eigenvalue weighted by Gasteiger charge is 2.44. The van der Waals surface area contributed by atoms with Crippen LogP contribution >= 0.6 is 0 Å². The number of aromatic nitrogens is 2. The van der Waals surface area contributed by atoms with Crippen molar-refractivity contribution in [3.8, 4) is 0 Å². The molecule has 1 saturated heterocycles. The maximum Gasteiger partial charge on any atom is 0.336 e. The summed E-state index contributed by atoms with van der Waals surface area (Å²) in [6, 6.07) is 8.82. The van der Waals surface area contributed by atoms with Gasteiger partial charge in [0.2, 0.25) is 0 Å². The number of benzene rings is 1. The van der Waals surface area contributed by atoms with Crippen LogP contribution in [0.4, 0.5) is 0 Å². The fourth-order valence-electron chi connectivity index (χ4n) is 3.61. The summed E-state index contributed by atoms with van der Waals surface area (Å²) in [6.07, 6.45) is 2.62. The summed E-state index contributed by atoms with van der Waals surface area (Å²) in [4.78, 5) is 25.6. The minimum absolute atomic E-state index is 0.240. The standard InChI is InChI=1S/C20H25N3O4/c1-14(2)17-7-10-23(21-17)20(19(26)27)8-11-22(12-9-20)13-15-5-3-4-6-16(15)18(24)25/h3-7,10,14H,8-9,11-13H2,1-2H3,(H,24,25)(H,26,27). The molecule has 7 heteroatoms. The Morgan fingerprint density at radius 3 is 2.37 bits per heavy atom. The van der Waals surface area contributed by atoms with Crippen molar-refractivity contribution >= 4 is 11.9 Å². The van der Waals surface area contributed by atoms with Gasteiger partial charge in [0.15, 0.2) is 5.54 Å². The third kappa shape index (κ3) is 3.73. The first-order chi connectivity index (χ1) is 12.8. The highest BCUT2D eigenvalue weighted by atomic mass is 16.4. The van der Waals surface area contributed by atoms with E-state index in [0.717, 1.165) is 11.3 Å². The maximum atomic E-state index is 12.1. The predicted octanol–water partition coefficient (Wildman–Crippen LogP) is 2.78. The molecule has 1 aromatic carbocycles. The first-order valence-electron chi connectivity index (χ1n) is 9.16. The van der Waals surface area contributed by atoms with Crippen LogP contribution in [0.25, 0.3) is 0 Å². The van der Waals surface area contributed by atoms with Crippen molar-refractivity contribution in [3.63, 3.8) is 0 Å². The highest BCUT2D eigenvalue weighted by Crippen LogP contribution is 2.32. The van der Waals surface area contributed by atoms with Crippen molar-refractivity contribution in [2.75, 3.05) is 13.1 Å². The van der Waals surface area contributed by atoms with E-state index in [-0.39, 0.29) is 5.92 Å². The lowest BCUT2D eigenvalue weighted by molar-refractivity contribution is -0.151. The molecule has 7 nitrogen and oxygen atoms in total. The van der Waals surface area contributed by atoms with Crippen molar-refractivity contribution in [1.82, 2.24) is 14.7 Å². The zero-order chi connectivity index (χ0) is 19.6. The topological polar surface area (TPSA) is 95.7 Å². The second kappa shape index (κ2) is 7.52. The number of carboxylic acid groups (broad SMARTS) is 2. The van der Waals surface area contributed by atoms with E-state index < -0.39 is 17.5 Å². The molecule has 2 heterocycles. The minimum atomic E-state index is -1.05. The number of hydrogen-bond donors (Lipinski definition) is 2. The third-order valence-corrected chi connectivity index (χ3v) is 5.36. The second-order valence-corrected chi connectivity index (χ2v) is 7.42. The number of carbonyl (C=O) groups is 2. The summed E-state index contributed by atoms with van der Waals surface area (Å²) in [5.41, 5.74) is 0.874. The fraction of sp³-hybridized carbons (Fsp3) is 0.450. The van der Waals surface area contributed by atoms with E-state index in [2.05, 4.69) is 10.00 Å². The molecule has 0 bridgehead atoms. The molecule has 0 saturated carbocycles. The molecular formula is C20H25N3O4. The summed E-state index contributed by atoms with van der Waals surface area (Å²) >= 11 is 0. The highest BCUT2D eigenvalue weighted by molar-refractivity contribution is 5.89. The second-order valence-electron chi connectivity index (χ2n) is 7.42. The van der Waals surface area contributed by atoms with Gasteiger partial charge < -0.3 is 10.2 Å². The van der Waals surface area contributed by atoms with Crippen LogP contribution in [0.3, 0.4) is 0 Å². The lowest BCUT2D eigenvalue weighted by Crippen LogP contribution is -2.51. The molecule has 1 aliphatic heterocycles. The molecule has 0 amide bonds. The normalized spacial score (nSPS) is 17.1. The van der Waals surface area contributed by atoms with E-state index in [1.165, 1.54) is 0 Å². The molecule has 3 rings (SSSR count). The van der Waals surface area contributed by atoms with Gasteiger partial charge in [0.05, 0.1) is 11.3 Å². The molecule has 0 unspecified atom stereocenters. The van der Waals surface area contributed by atoms with Crippen LogP contribution in [0, 0.1) is 0 Å². The molecule has 0 aliphatic carbocycles. The summed E-state index contributed by atoms with van der Waals surface area (Å²) in [7, 11) is 0. The van der Waals surface area contributed by atoms with Crippen molar-refractivity contribution in [3.05, 3.63) is 53.3 Å². The van der Waals surface area contributed by atoms with E-state index in [1.807, 2.05) is 32.0 Å². The van der Waals surface area contributed by atoms with Gasteiger partial charge in [-0.2, -0.15) is 5.10 Å². The van der Waals surface area contributed by atoms with Gasteiger partial charge in [0, 0.05) is 25.8 Å². The monoisotopic (exact) mass is 371 g/mol.